The van der Waals surface area contributed by atoms with Crippen molar-refractivity contribution < 1.29 is 4.79 Å². The Morgan fingerprint density at radius 1 is 1.19 bits per heavy atom. The van der Waals surface area contributed by atoms with Gasteiger partial charge in [-0.3, -0.25) is 9.89 Å². The van der Waals surface area contributed by atoms with Gasteiger partial charge < -0.3 is 9.80 Å². The van der Waals surface area contributed by atoms with Crippen molar-refractivity contribution in [1.29, 1.82) is 0 Å². The monoisotopic (exact) mass is 432 g/mol. The van der Waals surface area contributed by atoms with Gasteiger partial charge in [0.2, 0.25) is 0 Å². The maximum atomic E-state index is 12.9. The van der Waals surface area contributed by atoms with Gasteiger partial charge in [0.25, 0.3) is 5.91 Å². The number of H-pyrrole nitrogens is 1. The molecule has 0 bridgehead atoms. The maximum Gasteiger partial charge on any atom is 0.275 e. The third-order valence-electron chi connectivity index (χ3n) is 5.17. The van der Waals surface area contributed by atoms with E-state index in [1.54, 1.807) is 0 Å². The van der Waals surface area contributed by atoms with Gasteiger partial charge in [0.15, 0.2) is 5.69 Å². The largest absolute Gasteiger partial charge is 0.336 e. The lowest BCUT2D eigenvalue weighted by Crippen LogP contribution is -2.35. The molecule has 0 aliphatic carbocycles. The smallest absolute Gasteiger partial charge is 0.275 e. The second-order valence-electron chi connectivity index (χ2n) is 7.53. The van der Waals surface area contributed by atoms with E-state index in [2.05, 4.69) is 75.2 Å². The molecule has 1 aromatic carbocycles. The summed E-state index contributed by atoms with van der Waals surface area (Å²) in [6.07, 6.45) is 3.27. The third-order valence-corrected chi connectivity index (χ3v) is 5.97. The molecular formula is C21H29BrN4O. The van der Waals surface area contributed by atoms with Crippen LogP contribution in [0.5, 0.6) is 0 Å². The summed E-state index contributed by atoms with van der Waals surface area (Å²) < 4.78 is 0.812. The summed E-state index contributed by atoms with van der Waals surface area (Å²) in [5.41, 5.74) is 2.89. The van der Waals surface area contributed by atoms with E-state index < -0.39 is 0 Å². The Hall–Kier alpha value is -1.66. The van der Waals surface area contributed by atoms with Crippen molar-refractivity contribution in [2.24, 2.45) is 0 Å². The van der Waals surface area contributed by atoms with Crippen LogP contribution in [0.2, 0.25) is 0 Å². The summed E-state index contributed by atoms with van der Waals surface area (Å²) in [6.45, 7) is 8.81. The Morgan fingerprint density at radius 2 is 1.96 bits per heavy atom. The molecule has 0 spiro atoms. The van der Waals surface area contributed by atoms with Crippen molar-refractivity contribution in [3.63, 3.8) is 0 Å². The van der Waals surface area contributed by atoms with Crippen LogP contribution in [0.3, 0.4) is 0 Å². The lowest BCUT2D eigenvalue weighted by Gasteiger charge is -2.21. The van der Waals surface area contributed by atoms with Crippen LogP contribution in [-0.2, 0) is 6.42 Å². The number of aromatic nitrogens is 2. The summed E-state index contributed by atoms with van der Waals surface area (Å²) >= 11 is 3.56. The van der Waals surface area contributed by atoms with Crippen LogP contribution in [-0.4, -0.2) is 58.6 Å². The first kappa shape index (κ1) is 20.1. The van der Waals surface area contributed by atoms with Gasteiger partial charge in [-0.05, 0) is 59.8 Å². The lowest BCUT2D eigenvalue weighted by atomic mass is 10.1. The number of hydrogen-bond acceptors (Lipinski definition) is 3. The molecule has 1 aliphatic heterocycles. The van der Waals surface area contributed by atoms with Crippen molar-refractivity contribution in [3.05, 3.63) is 51.8 Å². The molecule has 3 rings (SSSR count). The van der Waals surface area contributed by atoms with E-state index >= 15 is 0 Å². The Kier molecular flexibility index (Phi) is 7.07. The molecule has 2 aromatic rings. The Bertz CT molecular complexity index is 744. The summed E-state index contributed by atoms with van der Waals surface area (Å²) in [7, 11) is 0. The predicted octanol–water partition coefficient (Wildman–Crippen LogP) is 4.08. The van der Waals surface area contributed by atoms with Crippen LogP contribution in [0.15, 0.2) is 34.8 Å². The zero-order chi connectivity index (χ0) is 19.2. The first-order valence-electron chi connectivity index (χ1n) is 9.85. The van der Waals surface area contributed by atoms with E-state index in [1.165, 1.54) is 5.56 Å². The number of carbonyl (C=O) groups excluding carboxylic acids is 1. The van der Waals surface area contributed by atoms with Gasteiger partial charge in [0.05, 0.1) is 10.2 Å². The van der Waals surface area contributed by atoms with E-state index in [1.807, 2.05) is 4.90 Å². The van der Waals surface area contributed by atoms with Crippen LogP contribution >= 0.6 is 15.9 Å². The zero-order valence-electron chi connectivity index (χ0n) is 16.2. The Labute approximate surface area is 170 Å². The quantitative estimate of drug-likeness (QED) is 0.747. The maximum absolute atomic E-state index is 12.9. The van der Waals surface area contributed by atoms with Crippen molar-refractivity contribution in [3.8, 4) is 0 Å². The molecule has 0 saturated carbocycles. The average Bonchev–Trinajstić information content (AvgIpc) is 2.90. The first-order valence-corrected chi connectivity index (χ1v) is 10.6. The molecule has 27 heavy (non-hydrogen) atoms. The molecule has 1 N–H and O–H groups in total. The van der Waals surface area contributed by atoms with E-state index in [0.717, 1.165) is 62.2 Å². The number of rotatable bonds is 6. The number of nitrogens with zero attached hydrogens (tertiary/aromatic N) is 3. The first-order chi connectivity index (χ1) is 13.1. The molecule has 0 atom stereocenters. The van der Waals surface area contributed by atoms with Gasteiger partial charge in [-0.2, -0.15) is 5.10 Å². The Balaban J connectivity index is 1.51. The van der Waals surface area contributed by atoms with Crippen molar-refractivity contribution in [2.75, 3.05) is 32.7 Å². The molecule has 2 heterocycles. The van der Waals surface area contributed by atoms with E-state index in [-0.39, 0.29) is 5.91 Å². The molecule has 0 radical (unpaired) electrons. The standard InChI is InChI=1S/C21H29BrN4O/c1-16(2)19-18(22)20(24-23-19)21(27)26-13-7-12-25(14-15-26)11-6-10-17-8-4-3-5-9-17/h3-5,8-9,16H,6-7,10-15H2,1-2H3,(H,23,24). The summed E-state index contributed by atoms with van der Waals surface area (Å²) in [4.78, 5) is 17.3. The van der Waals surface area contributed by atoms with Gasteiger partial charge >= 0.3 is 0 Å². The Morgan fingerprint density at radius 3 is 2.67 bits per heavy atom. The molecule has 1 saturated heterocycles. The molecule has 1 aromatic heterocycles. The number of benzene rings is 1. The third kappa shape index (κ3) is 5.20. The second kappa shape index (κ2) is 9.51. The lowest BCUT2D eigenvalue weighted by molar-refractivity contribution is 0.0754. The van der Waals surface area contributed by atoms with Gasteiger partial charge in [-0.15, -0.1) is 0 Å². The van der Waals surface area contributed by atoms with Crippen molar-refractivity contribution in [1.82, 2.24) is 20.0 Å². The number of amides is 1. The fourth-order valence-corrected chi connectivity index (χ4v) is 4.37. The van der Waals surface area contributed by atoms with Crippen molar-refractivity contribution >= 4 is 21.8 Å². The van der Waals surface area contributed by atoms with E-state index in [9.17, 15) is 4.79 Å². The number of hydrogen-bond donors (Lipinski definition) is 1. The summed E-state index contributed by atoms with van der Waals surface area (Å²) in [5, 5.41) is 7.27. The minimum Gasteiger partial charge on any atom is -0.336 e. The highest BCUT2D eigenvalue weighted by molar-refractivity contribution is 9.10. The fraction of sp³-hybridized carbons (Fsp3) is 0.524. The van der Waals surface area contributed by atoms with Crippen LogP contribution in [0.25, 0.3) is 0 Å². The molecule has 146 valence electrons. The summed E-state index contributed by atoms with van der Waals surface area (Å²) in [6, 6.07) is 10.6. The SMILES string of the molecule is CC(C)c1[nH]nc(C(=O)N2CCCN(CCCc3ccccc3)CC2)c1Br. The van der Waals surface area contributed by atoms with Gasteiger partial charge in [0.1, 0.15) is 0 Å². The molecular weight excluding hydrogens is 404 g/mol. The normalized spacial score (nSPS) is 15.9. The molecule has 1 fully saturated rings. The van der Waals surface area contributed by atoms with Crippen LogP contribution in [0.1, 0.15) is 54.4 Å². The highest BCUT2D eigenvalue weighted by Gasteiger charge is 2.25. The highest BCUT2D eigenvalue weighted by atomic mass is 79.9. The molecule has 0 unspecified atom stereocenters. The van der Waals surface area contributed by atoms with Crippen LogP contribution in [0, 0.1) is 0 Å². The number of nitrogens with one attached hydrogen (secondary N) is 1. The summed E-state index contributed by atoms with van der Waals surface area (Å²) in [5.74, 6) is 0.328. The highest BCUT2D eigenvalue weighted by Crippen LogP contribution is 2.26. The van der Waals surface area contributed by atoms with Gasteiger partial charge in [-0.25, -0.2) is 0 Å². The average molecular weight is 433 g/mol. The predicted molar refractivity (Wildman–Crippen MR) is 112 cm³/mol. The molecule has 1 aliphatic rings. The minimum atomic E-state index is 0.0242. The number of aromatic amines is 1. The van der Waals surface area contributed by atoms with E-state index in [0.29, 0.717) is 11.6 Å². The molecule has 1 amide bonds. The fourth-order valence-electron chi connectivity index (χ4n) is 3.56. The minimum absolute atomic E-state index is 0.0242. The zero-order valence-corrected chi connectivity index (χ0v) is 17.8. The van der Waals surface area contributed by atoms with Crippen LogP contribution < -0.4 is 0 Å². The number of aryl methyl sites for hydroxylation is 1. The van der Waals surface area contributed by atoms with Gasteiger partial charge in [-0.1, -0.05) is 44.2 Å². The molecule has 6 heteroatoms. The molecule has 5 nitrogen and oxygen atoms in total. The second-order valence-corrected chi connectivity index (χ2v) is 8.32. The van der Waals surface area contributed by atoms with E-state index in [4.69, 9.17) is 0 Å². The van der Waals surface area contributed by atoms with Crippen molar-refractivity contribution in [2.45, 2.75) is 39.0 Å². The topological polar surface area (TPSA) is 52.2 Å². The van der Waals surface area contributed by atoms with Crippen LogP contribution in [0.4, 0.5) is 0 Å². The van der Waals surface area contributed by atoms with Gasteiger partial charge in [0, 0.05) is 19.6 Å². The number of carbonyl (C=O) groups is 1. The number of halogens is 1.